The number of aromatic carboxylic acids is 2. The molecule has 0 aliphatic rings. The predicted molar refractivity (Wildman–Crippen MR) is 123 cm³/mol. The van der Waals surface area contributed by atoms with Crippen LogP contribution in [0, 0.1) is 0 Å². The van der Waals surface area contributed by atoms with E-state index in [1.165, 1.54) is 0 Å². The van der Waals surface area contributed by atoms with Crippen molar-refractivity contribution in [3.63, 3.8) is 0 Å². The molecule has 0 aliphatic carbocycles. The van der Waals surface area contributed by atoms with Crippen molar-refractivity contribution in [3.05, 3.63) is 64.7 Å². The number of benzene rings is 3. The van der Waals surface area contributed by atoms with Crippen LogP contribution >= 0.6 is 0 Å². The van der Waals surface area contributed by atoms with Crippen LogP contribution in [0.5, 0.6) is 28.7 Å². The zero-order valence-corrected chi connectivity index (χ0v) is 18.3. The fraction of sp³-hybridized carbons (Fsp3) is 0. The van der Waals surface area contributed by atoms with Crippen LogP contribution in [0.4, 0.5) is 11.4 Å². The topological polar surface area (TPSA) is 240 Å². The quantitative estimate of drug-likeness (QED) is 0.159. The SMILES string of the molecule is O=COc1cc(O)cc(C(=O)Nc2cc(NC(=O)c3cc(O)cc(C(=O)O)c3O)cc(C(=O)O)c2)c1O. The van der Waals surface area contributed by atoms with Gasteiger partial charge >= 0.3 is 11.9 Å². The number of hydrogen-bond donors (Lipinski definition) is 8. The van der Waals surface area contributed by atoms with E-state index in [0.29, 0.717) is 0 Å². The van der Waals surface area contributed by atoms with Crippen molar-refractivity contribution in [2.75, 3.05) is 10.6 Å². The van der Waals surface area contributed by atoms with Crippen LogP contribution in [0.25, 0.3) is 0 Å². The zero-order chi connectivity index (χ0) is 27.4. The molecule has 3 aromatic carbocycles. The summed E-state index contributed by atoms with van der Waals surface area (Å²) in [6.45, 7) is -0.0504. The van der Waals surface area contributed by atoms with Gasteiger partial charge in [-0.05, 0) is 36.4 Å². The summed E-state index contributed by atoms with van der Waals surface area (Å²) < 4.78 is 4.48. The van der Waals surface area contributed by atoms with E-state index in [2.05, 4.69) is 15.4 Å². The van der Waals surface area contributed by atoms with Crippen LogP contribution in [-0.2, 0) is 4.79 Å². The number of carbonyl (C=O) groups excluding carboxylic acids is 3. The summed E-state index contributed by atoms with van der Waals surface area (Å²) in [4.78, 5) is 58.7. The van der Waals surface area contributed by atoms with Gasteiger partial charge in [-0.25, -0.2) is 9.59 Å². The Hall–Kier alpha value is -5.79. The fourth-order valence-corrected chi connectivity index (χ4v) is 3.16. The van der Waals surface area contributed by atoms with E-state index in [1.807, 2.05) is 0 Å². The highest BCUT2D eigenvalue weighted by Gasteiger charge is 2.22. The number of phenolic OH excluding ortho intramolecular Hbond substituents is 3. The Bertz CT molecular complexity index is 1460. The fourth-order valence-electron chi connectivity index (χ4n) is 3.16. The number of amides is 2. The molecular formula is C23H16N2O12. The molecule has 0 spiro atoms. The van der Waals surface area contributed by atoms with Gasteiger partial charge in [0, 0.05) is 17.4 Å². The molecule has 2 amide bonds. The van der Waals surface area contributed by atoms with Crippen molar-refractivity contribution in [2.24, 2.45) is 0 Å². The molecule has 0 bridgehead atoms. The third kappa shape index (κ3) is 5.65. The van der Waals surface area contributed by atoms with Crippen molar-refractivity contribution >= 4 is 41.6 Å². The van der Waals surface area contributed by atoms with E-state index in [1.54, 1.807) is 0 Å². The van der Waals surface area contributed by atoms with Crippen molar-refractivity contribution in [2.45, 2.75) is 0 Å². The Kier molecular flexibility index (Phi) is 7.14. The third-order valence-electron chi connectivity index (χ3n) is 4.74. The van der Waals surface area contributed by atoms with Crippen LogP contribution in [-0.4, -0.2) is 60.9 Å². The van der Waals surface area contributed by atoms with Crippen molar-refractivity contribution in [1.82, 2.24) is 0 Å². The maximum Gasteiger partial charge on any atom is 0.339 e. The van der Waals surface area contributed by atoms with Crippen molar-refractivity contribution in [1.29, 1.82) is 0 Å². The van der Waals surface area contributed by atoms with Gasteiger partial charge in [0.2, 0.25) is 0 Å². The molecule has 3 aromatic rings. The number of nitrogens with one attached hydrogen (secondary N) is 2. The molecule has 0 saturated heterocycles. The normalized spacial score (nSPS) is 10.3. The molecule has 3 rings (SSSR count). The molecule has 14 heteroatoms. The van der Waals surface area contributed by atoms with E-state index in [-0.39, 0.29) is 17.8 Å². The van der Waals surface area contributed by atoms with Gasteiger partial charge in [-0.1, -0.05) is 0 Å². The Labute approximate surface area is 205 Å². The van der Waals surface area contributed by atoms with Gasteiger partial charge in [-0.3, -0.25) is 14.4 Å². The highest BCUT2D eigenvalue weighted by molar-refractivity contribution is 6.11. The van der Waals surface area contributed by atoms with Crippen LogP contribution < -0.4 is 15.4 Å². The molecule has 0 heterocycles. The van der Waals surface area contributed by atoms with Gasteiger partial charge < -0.3 is 46.0 Å². The first-order valence-electron chi connectivity index (χ1n) is 9.88. The van der Waals surface area contributed by atoms with Gasteiger partial charge in [-0.15, -0.1) is 0 Å². The summed E-state index contributed by atoms with van der Waals surface area (Å²) in [5, 5.41) is 62.7. The number of carboxylic acids is 2. The number of phenols is 4. The molecule has 0 saturated carbocycles. The smallest absolute Gasteiger partial charge is 0.339 e. The predicted octanol–water partition coefficient (Wildman–Crippen LogP) is 1.95. The first-order valence-corrected chi connectivity index (χ1v) is 9.88. The highest BCUT2D eigenvalue weighted by atomic mass is 16.5. The Balaban J connectivity index is 1.96. The first-order chi connectivity index (χ1) is 17.4. The maximum absolute atomic E-state index is 12.7. The summed E-state index contributed by atoms with van der Waals surface area (Å²) in [6, 6.07) is 6.27. The maximum atomic E-state index is 12.7. The van der Waals surface area contributed by atoms with E-state index >= 15 is 0 Å². The molecule has 0 aromatic heterocycles. The molecule has 190 valence electrons. The molecule has 0 fully saturated rings. The van der Waals surface area contributed by atoms with Crippen LogP contribution in [0.3, 0.4) is 0 Å². The highest BCUT2D eigenvalue weighted by Crippen LogP contribution is 2.35. The molecule has 0 aliphatic heterocycles. The first kappa shape index (κ1) is 25.8. The minimum Gasteiger partial charge on any atom is -0.508 e. The average molecular weight is 512 g/mol. The zero-order valence-electron chi connectivity index (χ0n) is 18.3. The van der Waals surface area contributed by atoms with E-state index in [4.69, 9.17) is 5.11 Å². The van der Waals surface area contributed by atoms with E-state index < -0.39 is 74.8 Å². The average Bonchev–Trinajstić information content (AvgIpc) is 2.82. The number of hydrogen-bond acceptors (Lipinski definition) is 10. The number of ether oxygens (including phenoxy) is 1. The standard InChI is InChI=1S/C23H16N2O12/c26-8-37-17-7-13(28)5-15(19(17)30)21(32)25-11-2-9(22(33)34)1-10(3-11)24-20(31)14-4-12(27)6-16(18(14)29)23(35)36/h1-8,27-30H,(H,24,31)(H,25,32)(H,33,34)(H,35,36). The monoisotopic (exact) mass is 512 g/mol. The summed E-state index contributed by atoms with van der Waals surface area (Å²) in [5.74, 6) is -8.77. The van der Waals surface area contributed by atoms with Crippen LogP contribution in [0.1, 0.15) is 41.4 Å². The molecule has 0 radical (unpaired) electrons. The molecule has 37 heavy (non-hydrogen) atoms. The van der Waals surface area contributed by atoms with Gasteiger partial charge in [-0.2, -0.15) is 0 Å². The number of carbonyl (C=O) groups is 5. The van der Waals surface area contributed by atoms with Gasteiger partial charge in [0.25, 0.3) is 18.3 Å². The molecule has 14 nitrogen and oxygen atoms in total. The van der Waals surface area contributed by atoms with E-state index in [0.717, 1.165) is 42.5 Å². The molecule has 8 N–H and O–H groups in total. The second-order valence-electron chi connectivity index (χ2n) is 7.26. The second kappa shape index (κ2) is 10.2. The lowest BCUT2D eigenvalue weighted by Gasteiger charge is -2.13. The summed E-state index contributed by atoms with van der Waals surface area (Å²) >= 11 is 0. The minimum absolute atomic E-state index is 0.0504. The summed E-state index contributed by atoms with van der Waals surface area (Å²) in [7, 11) is 0. The van der Waals surface area contributed by atoms with E-state index in [9.17, 15) is 49.5 Å². The molecule has 0 atom stereocenters. The van der Waals surface area contributed by atoms with Crippen molar-refractivity contribution < 1.29 is 59.3 Å². The number of anilines is 2. The number of aromatic hydroxyl groups is 4. The summed E-state index contributed by atoms with van der Waals surface area (Å²) in [5.41, 5.74) is -2.83. The van der Waals surface area contributed by atoms with Crippen LogP contribution in [0.2, 0.25) is 0 Å². The number of carboxylic acid groups (broad SMARTS) is 2. The second-order valence-corrected chi connectivity index (χ2v) is 7.26. The van der Waals surface area contributed by atoms with Crippen molar-refractivity contribution in [3.8, 4) is 28.7 Å². The largest absolute Gasteiger partial charge is 0.508 e. The lowest BCUT2D eigenvalue weighted by atomic mass is 10.1. The van der Waals surface area contributed by atoms with Gasteiger partial charge in [0.05, 0.1) is 16.7 Å². The lowest BCUT2D eigenvalue weighted by Crippen LogP contribution is -2.16. The lowest BCUT2D eigenvalue weighted by molar-refractivity contribution is -0.120. The Morgan fingerprint density at radius 3 is 1.62 bits per heavy atom. The minimum atomic E-state index is -1.63. The number of rotatable bonds is 8. The third-order valence-corrected chi connectivity index (χ3v) is 4.74. The van der Waals surface area contributed by atoms with Crippen LogP contribution in [0.15, 0.2) is 42.5 Å². The molecular weight excluding hydrogens is 496 g/mol. The summed E-state index contributed by atoms with van der Waals surface area (Å²) in [6.07, 6.45) is 0. The Morgan fingerprint density at radius 1 is 0.649 bits per heavy atom. The molecule has 0 unspecified atom stereocenters. The Morgan fingerprint density at radius 2 is 1.14 bits per heavy atom. The van der Waals surface area contributed by atoms with Gasteiger partial charge in [0.1, 0.15) is 22.8 Å². The van der Waals surface area contributed by atoms with Gasteiger partial charge in [0.15, 0.2) is 11.5 Å².